The summed E-state index contributed by atoms with van der Waals surface area (Å²) in [6, 6.07) is 0. The van der Waals surface area contributed by atoms with Crippen LogP contribution in [0, 0.1) is 0 Å². The second-order valence-electron chi connectivity index (χ2n) is 2.45. The predicted octanol–water partition coefficient (Wildman–Crippen LogP) is 2.46. The fraction of sp³-hybridized carbons (Fsp3) is 0.500. The molecular weight excluding hydrogens is 152 g/mol. The van der Waals surface area contributed by atoms with Crippen molar-refractivity contribution >= 4 is 5.97 Å². The van der Waals surface area contributed by atoms with Gasteiger partial charge in [0.1, 0.15) is 0 Å². The first-order valence-electron chi connectivity index (χ1n) is 4.22. The maximum atomic E-state index is 10.6. The number of hydrogen-bond acceptors (Lipinski definition) is 2. The number of hydrogen-bond donors (Lipinski definition) is 0. The third kappa shape index (κ3) is 7.06. The molecule has 0 aliphatic rings. The molecule has 0 heterocycles. The lowest BCUT2D eigenvalue weighted by molar-refractivity contribution is -0.134. The first-order chi connectivity index (χ1) is 5.81. The van der Waals surface area contributed by atoms with Gasteiger partial charge < -0.3 is 4.74 Å². The van der Waals surface area contributed by atoms with Gasteiger partial charge in [0.2, 0.25) is 0 Å². The highest BCUT2D eigenvalue weighted by Crippen LogP contribution is 1.94. The molecule has 2 nitrogen and oxygen atoms in total. The van der Waals surface area contributed by atoms with Crippen LogP contribution in [0.5, 0.6) is 0 Å². The Morgan fingerprint density at radius 2 is 2.17 bits per heavy atom. The number of allylic oxidation sites excluding steroid dienone is 3. The van der Waals surface area contributed by atoms with E-state index >= 15 is 0 Å². The maximum Gasteiger partial charge on any atom is 0.330 e. The van der Waals surface area contributed by atoms with Crippen LogP contribution in [0.15, 0.2) is 24.3 Å². The molecule has 0 fully saturated rings. The van der Waals surface area contributed by atoms with Crippen LogP contribution < -0.4 is 0 Å². The van der Waals surface area contributed by atoms with E-state index in [1.54, 1.807) is 6.08 Å². The van der Waals surface area contributed by atoms with Gasteiger partial charge in [-0.3, -0.25) is 0 Å². The Morgan fingerprint density at radius 1 is 1.42 bits per heavy atom. The van der Waals surface area contributed by atoms with E-state index in [9.17, 15) is 4.79 Å². The van der Waals surface area contributed by atoms with Crippen molar-refractivity contribution in [2.75, 3.05) is 7.11 Å². The third-order valence-electron chi connectivity index (χ3n) is 1.41. The fourth-order valence-electron chi connectivity index (χ4n) is 0.699. The molecule has 0 unspecified atom stereocenters. The lowest BCUT2D eigenvalue weighted by Crippen LogP contribution is -1.92. The molecule has 0 atom stereocenters. The first kappa shape index (κ1) is 11.0. The van der Waals surface area contributed by atoms with Gasteiger partial charge in [-0.25, -0.2) is 4.79 Å². The summed E-state index contributed by atoms with van der Waals surface area (Å²) in [7, 11) is 1.37. The molecule has 0 amide bonds. The Kier molecular flexibility index (Phi) is 7.35. The zero-order chi connectivity index (χ0) is 9.23. The van der Waals surface area contributed by atoms with Crippen molar-refractivity contribution in [1.82, 2.24) is 0 Å². The van der Waals surface area contributed by atoms with Crippen molar-refractivity contribution < 1.29 is 9.53 Å². The largest absolute Gasteiger partial charge is 0.466 e. The average molecular weight is 168 g/mol. The van der Waals surface area contributed by atoms with Gasteiger partial charge in [0, 0.05) is 6.08 Å². The average Bonchev–Trinajstić information content (AvgIpc) is 2.10. The molecule has 12 heavy (non-hydrogen) atoms. The molecule has 0 bridgehead atoms. The van der Waals surface area contributed by atoms with E-state index in [-0.39, 0.29) is 5.97 Å². The molecule has 0 aromatic heterocycles. The van der Waals surface area contributed by atoms with Gasteiger partial charge in [0.15, 0.2) is 0 Å². The Hall–Kier alpha value is -1.05. The molecule has 0 aromatic rings. The summed E-state index contributed by atoms with van der Waals surface area (Å²) in [6.45, 7) is 2.15. The van der Waals surface area contributed by atoms with E-state index in [4.69, 9.17) is 0 Å². The minimum absolute atomic E-state index is 0.310. The van der Waals surface area contributed by atoms with Crippen molar-refractivity contribution in [3.63, 3.8) is 0 Å². The van der Waals surface area contributed by atoms with Crippen molar-refractivity contribution in [3.8, 4) is 0 Å². The standard InChI is InChI=1S/C10H16O2/c1-3-4-5-6-7-8-9-10(11)12-2/h6-9H,3-5H2,1-2H3. The number of rotatable bonds is 5. The maximum absolute atomic E-state index is 10.6. The van der Waals surface area contributed by atoms with Crippen molar-refractivity contribution in [2.24, 2.45) is 0 Å². The van der Waals surface area contributed by atoms with E-state index < -0.39 is 0 Å². The molecule has 0 aliphatic carbocycles. The van der Waals surface area contributed by atoms with Crippen LogP contribution in [0.4, 0.5) is 0 Å². The second kappa shape index (κ2) is 8.05. The summed E-state index contributed by atoms with van der Waals surface area (Å²) in [5, 5.41) is 0. The van der Waals surface area contributed by atoms with E-state index in [2.05, 4.69) is 11.7 Å². The molecule has 0 rings (SSSR count). The molecule has 0 radical (unpaired) electrons. The Bertz CT molecular complexity index is 169. The number of carbonyl (C=O) groups is 1. The zero-order valence-electron chi connectivity index (χ0n) is 7.75. The predicted molar refractivity (Wildman–Crippen MR) is 49.8 cm³/mol. The summed E-state index contributed by atoms with van der Waals surface area (Å²) in [5.41, 5.74) is 0. The highest BCUT2D eigenvalue weighted by Gasteiger charge is 1.86. The van der Waals surface area contributed by atoms with Crippen molar-refractivity contribution in [2.45, 2.75) is 26.2 Å². The SMILES string of the molecule is CCCCC=CC=CC(=O)OC. The quantitative estimate of drug-likeness (QED) is 0.273. The van der Waals surface area contributed by atoms with Gasteiger partial charge in [-0.1, -0.05) is 38.0 Å². The van der Waals surface area contributed by atoms with E-state index in [0.717, 1.165) is 6.42 Å². The number of carbonyl (C=O) groups excluding carboxylic acids is 1. The van der Waals surface area contributed by atoms with Gasteiger partial charge in [-0.05, 0) is 6.42 Å². The highest BCUT2D eigenvalue weighted by atomic mass is 16.5. The van der Waals surface area contributed by atoms with Crippen molar-refractivity contribution in [1.29, 1.82) is 0 Å². The van der Waals surface area contributed by atoms with Crippen molar-refractivity contribution in [3.05, 3.63) is 24.3 Å². The normalized spacial score (nSPS) is 11.2. The number of unbranched alkanes of at least 4 members (excludes halogenated alkanes) is 2. The molecule has 0 aliphatic heterocycles. The lowest BCUT2D eigenvalue weighted by atomic mass is 10.2. The summed E-state index contributed by atoms with van der Waals surface area (Å²) in [4.78, 5) is 10.6. The zero-order valence-corrected chi connectivity index (χ0v) is 7.75. The second-order valence-corrected chi connectivity index (χ2v) is 2.45. The van der Waals surface area contributed by atoms with Gasteiger partial charge in [-0.2, -0.15) is 0 Å². The highest BCUT2D eigenvalue weighted by molar-refractivity contribution is 5.82. The number of esters is 1. The van der Waals surface area contributed by atoms with Crippen LogP contribution in [0.2, 0.25) is 0 Å². The summed E-state index contributed by atoms with van der Waals surface area (Å²) in [5.74, 6) is -0.310. The topological polar surface area (TPSA) is 26.3 Å². The molecule has 2 heteroatoms. The van der Waals surface area contributed by atoms with Crippen LogP contribution >= 0.6 is 0 Å². The molecule has 68 valence electrons. The van der Waals surface area contributed by atoms with E-state index in [1.807, 2.05) is 12.2 Å². The number of methoxy groups -OCH3 is 1. The van der Waals surface area contributed by atoms with Gasteiger partial charge in [0.05, 0.1) is 7.11 Å². The van der Waals surface area contributed by atoms with Gasteiger partial charge in [0.25, 0.3) is 0 Å². The fourth-order valence-corrected chi connectivity index (χ4v) is 0.699. The first-order valence-corrected chi connectivity index (χ1v) is 4.22. The van der Waals surface area contributed by atoms with E-state index in [0.29, 0.717) is 0 Å². The third-order valence-corrected chi connectivity index (χ3v) is 1.41. The molecule has 0 saturated heterocycles. The summed E-state index contributed by atoms with van der Waals surface area (Å²) >= 11 is 0. The smallest absolute Gasteiger partial charge is 0.330 e. The van der Waals surface area contributed by atoms with Crippen LogP contribution in [0.1, 0.15) is 26.2 Å². The summed E-state index contributed by atoms with van der Waals surface area (Å²) in [6.07, 6.45) is 10.5. The van der Waals surface area contributed by atoms with Crippen LogP contribution in [-0.4, -0.2) is 13.1 Å². The Morgan fingerprint density at radius 3 is 2.75 bits per heavy atom. The Labute approximate surface area is 73.9 Å². The van der Waals surface area contributed by atoms with Crippen LogP contribution in [-0.2, 0) is 9.53 Å². The Balaban J connectivity index is 3.45. The van der Waals surface area contributed by atoms with Crippen LogP contribution in [0.3, 0.4) is 0 Å². The monoisotopic (exact) mass is 168 g/mol. The van der Waals surface area contributed by atoms with Gasteiger partial charge >= 0.3 is 5.97 Å². The minimum atomic E-state index is -0.310. The van der Waals surface area contributed by atoms with Gasteiger partial charge in [-0.15, -0.1) is 0 Å². The molecule has 0 spiro atoms. The molecular formula is C10H16O2. The summed E-state index contributed by atoms with van der Waals surface area (Å²) < 4.78 is 4.42. The van der Waals surface area contributed by atoms with Crippen LogP contribution in [0.25, 0.3) is 0 Å². The minimum Gasteiger partial charge on any atom is -0.466 e. The lowest BCUT2D eigenvalue weighted by Gasteiger charge is -1.87. The molecule has 0 saturated carbocycles. The van der Waals surface area contributed by atoms with E-state index in [1.165, 1.54) is 26.0 Å². The molecule has 0 aromatic carbocycles. The molecule has 0 N–H and O–H groups in total. The number of ether oxygens (including phenoxy) is 1.